The predicted octanol–water partition coefficient (Wildman–Crippen LogP) is 2.86. The summed E-state index contributed by atoms with van der Waals surface area (Å²) in [6.07, 6.45) is 2.89. The number of rotatable bonds is 6. The fourth-order valence-corrected chi connectivity index (χ4v) is 2.68. The monoisotopic (exact) mass is 288 g/mol. The summed E-state index contributed by atoms with van der Waals surface area (Å²) in [5.74, 6) is 0.248. The van der Waals surface area contributed by atoms with Crippen molar-refractivity contribution in [1.29, 1.82) is 0 Å². The minimum absolute atomic E-state index is 0.191. The van der Waals surface area contributed by atoms with E-state index in [9.17, 15) is 4.79 Å². The Bertz CT molecular complexity index is 616. The Balaban J connectivity index is 2.14. The molecule has 0 aliphatic carbocycles. The molecule has 0 aliphatic rings. The zero-order valence-corrected chi connectivity index (χ0v) is 13.2. The lowest BCUT2D eigenvalue weighted by Crippen LogP contribution is -2.38. The topological polar surface area (TPSA) is 43.3 Å². The molecule has 4 nitrogen and oxygen atoms in total. The molecule has 0 bridgehead atoms. The molecule has 1 aromatic heterocycles. The highest BCUT2D eigenvalue weighted by Gasteiger charge is 2.20. The van der Waals surface area contributed by atoms with Crippen molar-refractivity contribution in [3.05, 3.63) is 36.0 Å². The fraction of sp³-hybridized carbons (Fsp3) is 0.471. The molecule has 1 N–H and O–H groups in total. The highest BCUT2D eigenvalue weighted by atomic mass is 16.5. The van der Waals surface area contributed by atoms with Crippen molar-refractivity contribution >= 4 is 16.9 Å². The lowest BCUT2D eigenvalue weighted by atomic mass is 10.0. The lowest BCUT2D eigenvalue weighted by molar-refractivity contribution is -0.143. The lowest BCUT2D eigenvalue weighted by Gasteiger charge is -2.18. The Morgan fingerprint density at radius 2 is 2.05 bits per heavy atom. The molecule has 0 radical (unpaired) electrons. The van der Waals surface area contributed by atoms with Gasteiger partial charge in [-0.1, -0.05) is 32.0 Å². The van der Waals surface area contributed by atoms with Gasteiger partial charge in [0.1, 0.15) is 6.04 Å². The number of aryl methyl sites for hydroxylation is 1. The number of ether oxygens (including phenoxy) is 1. The average Bonchev–Trinajstić information content (AvgIpc) is 2.79. The summed E-state index contributed by atoms with van der Waals surface area (Å²) in [5, 5.41) is 4.56. The van der Waals surface area contributed by atoms with E-state index in [0.29, 0.717) is 12.5 Å². The first-order valence-electron chi connectivity index (χ1n) is 7.37. The largest absolute Gasteiger partial charge is 0.468 e. The molecule has 4 heteroatoms. The molecule has 21 heavy (non-hydrogen) atoms. The third kappa shape index (κ3) is 3.64. The van der Waals surface area contributed by atoms with Crippen LogP contribution in [-0.2, 0) is 23.1 Å². The number of nitrogens with one attached hydrogen (secondary N) is 1. The molecule has 1 aromatic carbocycles. The first-order valence-corrected chi connectivity index (χ1v) is 7.37. The maximum Gasteiger partial charge on any atom is 0.322 e. The Hall–Kier alpha value is -1.81. The molecule has 0 spiro atoms. The molecule has 1 atom stereocenters. The number of hydrogen-bond donors (Lipinski definition) is 1. The Labute approximate surface area is 126 Å². The van der Waals surface area contributed by atoms with Gasteiger partial charge < -0.3 is 14.6 Å². The third-order valence-electron chi connectivity index (χ3n) is 3.71. The van der Waals surface area contributed by atoms with Crippen molar-refractivity contribution in [3.8, 4) is 0 Å². The van der Waals surface area contributed by atoms with E-state index in [1.54, 1.807) is 0 Å². The molecule has 0 aliphatic heterocycles. The van der Waals surface area contributed by atoms with Crippen LogP contribution in [0.3, 0.4) is 0 Å². The Morgan fingerprint density at radius 1 is 1.33 bits per heavy atom. The number of esters is 1. The molecule has 0 fully saturated rings. The number of carbonyl (C=O) groups is 1. The fourth-order valence-electron chi connectivity index (χ4n) is 2.68. The van der Waals surface area contributed by atoms with Crippen LogP contribution in [0.25, 0.3) is 10.9 Å². The number of nitrogens with zero attached hydrogens (tertiary/aromatic N) is 1. The number of fused-ring (bicyclic) bond motifs is 1. The first kappa shape index (κ1) is 15.6. The molecule has 1 unspecified atom stereocenters. The van der Waals surface area contributed by atoms with E-state index in [0.717, 1.165) is 6.42 Å². The molecular weight excluding hydrogens is 264 g/mol. The van der Waals surface area contributed by atoms with Crippen molar-refractivity contribution in [2.24, 2.45) is 13.0 Å². The maximum absolute atomic E-state index is 11.8. The van der Waals surface area contributed by atoms with Crippen LogP contribution in [0.1, 0.15) is 25.8 Å². The van der Waals surface area contributed by atoms with Gasteiger partial charge in [0.15, 0.2) is 0 Å². The molecule has 2 rings (SSSR count). The van der Waals surface area contributed by atoms with E-state index in [1.165, 1.54) is 23.6 Å². The molecule has 1 heterocycles. The average molecular weight is 288 g/mol. The molecule has 0 saturated carbocycles. The second-order valence-electron chi connectivity index (χ2n) is 5.87. The Kier molecular flexibility index (Phi) is 5.02. The van der Waals surface area contributed by atoms with Crippen LogP contribution in [0.15, 0.2) is 30.5 Å². The summed E-state index contributed by atoms with van der Waals surface area (Å²) in [7, 11) is 3.48. The zero-order valence-electron chi connectivity index (χ0n) is 13.2. The summed E-state index contributed by atoms with van der Waals surface area (Å²) in [5.41, 5.74) is 2.40. The van der Waals surface area contributed by atoms with E-state index in [2.05, 4.69) is 42.1 Å². The van der Waals surface area contributed by atoms with Crippen LogP contribution < -0.4 is 5.32 Å². The van der Waals surface area contributed by atoms with Crippen LogP contribution in [0.5, 0.6) is 0 Å². The van der Waals surface area contributed by atoms with Gasteiger partial charge in [-0.2, -0.15) is 0 Å². The standard InChI is InChI=1S/C17H24N2O2/c1-12(2)9-15(17(20)21-4)18-10-13-11-19(3)16-8-6-5-7-14(13)16/h5-8,11-12,15,18H,9-10H2,1-4H3. The molecule has 114 valence electrons. The number of aromatic nitrogens is 1. The van der Waals surface area contributed by atoms with Crippen molar-refractivity contribution in [2.45, 2.75) is 32.9 Å². The van der Waals surface area contributed by atoms with E-state index >= 15 is 0 Å². The highest BCUT2D eigenvalue weighted by molar-refractivity contribution is 5.84. The summed E-state index contributed by atoms with van der Waals surface area (Å²) in [6, 6.07) is 8.04. The number of hydrogen-bond acceptors (Lipinski definition) is 3. The van der Waals surface area contributed by atoms with E-state index in [4.69, 9.17) is 4.74 Å². The number of para-hydroxylation sites is 1. The van der Waals surface area contributed by atoms with E-state index < -0.39 is 0 Å². The van der Waals surface area contributed by atoms with Crippen molar-refractivity contribution in [3.63, 3.8) is 0 Å². The van der Waals surface area contributed by atoms with Gasteiger partial charge in [0, 0.05) is 30.7 Å². The molecule has 0 saturated heterocycles. The van der Waals surface area contributed by atoms with Gasteiger partial charge in [0.25, 0.3) is 0 Å². The number of carbonyl (C=O) groups excluding carboxylic acids is 1. The number of methoxy groups -OCH3 is 1. The van der Waals surface area contributed by atoms with Gasteiger partial charge in [-0.3, -0.25) is 4.79 Å². The predicted molar refractivity (Wildman–Crippen MR) is 85.0 cm³/mol. The van der Waals surface area contributed by atoms with Gasteiger partial charge in [0.05, 0.1) is 7.11 Å². The van der Waals surface area contributed by atoms with Gasteiger partial charge in [-0.05, 0) is 24.0 Å². The second-order valence-corrected chi connectivity index (χ2v) is 5.87. The van der Waals surface area contributed by atoms with Crippen LogP contribution >= 0.6 is 0 Å². The highest BCUT2D eigenvalue weighted by Crippen LogP contribution is 2.20. The van der Waals surface area contributed by atoms with Crippen molar-refractivity contribution < 1.29 is 9.53 Å². The van der Waals surface area contributed by atoms with E-state index in [-0.39, 0.29) is 12.0 Å². The van der Waals surface area contributed by atoms with Crippen LogP contribution in [0.2, 0.25) is 0 Å². The maximum atomic E-state index is 11.8. The minimum atomic E-state index is -0.256. The molecule has 2 aromatic rings. The van der Waals surface area contributed by atoms with Gasteiger partial charge in [-0.25, -0.2) is 0 Å². The summed E-state index contributed by atoms with van der Waals surface area (Å²) in [4.78, 5) is 11.8. The van der Waals surface area contributed by atoms with Crippen LogP contribution in [-0.4, -0.2) is 23.7 Å². The van der Waals surface area contributed by atoms with Gasteiger partial charge in [-0.15, -0.1) is 0 Å². The third-order valence-corrected chi connectivity index (χ3v) is 3.71. The first-order chi connectivity index (χ1) is 10.0. The SMILES string of the molecule is COC(=O)C(CC(C)C)NCc1cn(C)c2ccccc12. The van der Waals surface area contributed by atoms with Crippen molar-refractivity contribution in [1.82, 2.24) is 9.88 Å². The van der Waals surface area contributed by atoms with E-state index in [1.807, 2.05) is 19.2 Å². The minimum Gasteiger partial charge on any atom is -0.468 e. The van der Waals surface area contributed by atoms with Gasteiger partial charge in [0.2, 0.25) is 0 Å². The molecule has 0 amide bonds. The Morgan fingerprint density at radius 3 is 2.71 bits per heavy atom. The summed E-state index contributed by atoms with van der Waals surface area (Å²) < 4.78 is 7.00. The second kappa shape index (κ2) is 6.76. The van der Waals surface area contributed by atoms with Crippen LogP contribution in [0.4, 0.5) is 0 Å². The summed E-state index contributed by atoms with van der Waals surface area (Å²) in [6.45, 7) is 4.87. The smallest absolute Gasteiger partial charge is 0.322 e. The normalized spacial score (nSPS) is 12.8. The number of benzene rings is 1. The quantitative estimate of drug-likeness (QED) is 0.831. The zero-order chi connectivity index (χ0) is 15.4. The summed E-state index contributed by atoms with van der Waals surface area (Å²) >= 11 is 0. The van der Waals surface area contributed by atoms with Crippen molar-refractivity contribution in [2.75, 3.05) is 7.11 Å². The van der Waals surface area contributed by atoms with Crippen LogP contribution in [0, 0.1) is 5.92 Å². The molecular formula is C17H24N2O2. The van der Waals surface area contributed by atoms with Gasteiger partial charge >= 0.3 is 5.97 Å².